The third kappa shape index (κ3) is 13.1. The van der Waals surface area contributed by atoms with Crippen LogP contribution in [0, 0.1) is 11.8 Å². The zero-order valence-corrected chi connectivity index (χ0v) is 27.3. The zero-order chi connectivity index (χ0) is 33.0. The first kappa shape index (κ1) is 36.3. The van der Waals surface area contributed by atoms with Crippen molar-refractivity contribution in [3.05, 3.63) is 133 Å². The number of ether oxygens (including phenoxy) is 1. The Morgan fingerprint density at radius 2 is 1.39 bits per heavy atom. The van der Waals surface area contributed by atoms with Crippen LogP contribution in [0.2, 0.25) is 0 Å². The molecule has 0 aromatic heterocycles. The fraction of sp³-hybridized carbons (Fsp3) is 0.342. The van der Waals surface area contributed by atoms with E-state index in [1.54, 1.807) is 28.8 Å². The number of benzene rings is 3. The van der Waals surface area contributed by atoms with E-state index < -0.39 is 12.0 Å². The van der Waals surface area contributed by atoms with Crippen LogP contribution in [0.3, 0.4) is 0 Å². The van der Waals surface area contributed by atoms with Crippen molar-refractivity contribution >= 4 is 29.5 Å². The van der Waals surface area contributed by atoms with E-state index in [1.165, 1.54) is 0 Å². The van der Waals surface area contributed by atoms with Crippen LogP contribution in [0.15, 0.2) is 116 Å². The average Bonchev–Trinajstić information content (AvgIpc) is 3.07. The lowest BCUT2D eigenvalue weighted by atomic mass is 9.96. The molecule has 3 aromatic rings. The third-order valence-corrected chi connectivity index (χ3v) is 8.67. The molecule has 2 N–H and O–H groups in total. The number of esters is 1. The van der Waals surface area contributed by atoms with Crippen LogP contribution in [0.4, 0.5) is 0 Å². The second kappa shape index (κ2) is 20.8. The molecule has 46 heavy (non-hydrogen) atoms. The van der Waals surface area contributed by atoms with Gasteiger partial charge in [-0.05, 0) is 36.0 Å². The second-order valence-corrected chi connectivity index (χ2v) is 12.2. The van der Waals surface area contributed by atoms with E-state index >= 15 is 0 Å². The standard InChI is InChI=1S/C38H46N2O5S/c1-3-14-33(25-36(42)40(22-23-41)26-31-18-10-6-11-19-31)37(43)39-35(29-46-28-32-20-12-7-13-21-32)27-45-38(44)34(15-4-2)24-30-16-8-5-9-17-30/h3-13,16-21,33-35,41H,1-2,14-15,22-29H2,(H,39,43)/t33-,34-,35+/m0/s1. The Bertz CT molecular complexity index is 1350. The summed E-state index contributed by atoms with van der Waals surface area (Å²) in [7, 11) is 0. The van der Waals surface area contributed by atoms with Gasteiger partial charge in [-0.2, -0.15) is 11.8 Å². The first-order valence-corrected chi connectivity index (χ1v) is 16.9. The Hall–Kier alpha value is -4.14. The van der Waals surface area contributed by atoms with Crippen LogP contribution in [0.1, 0.15) is 36.0 Å². The Kier molecular flexibility index (Phi) is 16.4. The summed E-state index contributed by atoms with van der Waals surface area (Å²) in [5.41, 5.74) is 3.13. The van der Waals surface area contributed by atoms with Crippen LogP contribution < -0.4 is 5.32 Å². The van der Waals surface area contributed by atoms with Crippen LogP contribution in [-0.4, -0.2) is 59.3 Å². The molecule has 8 heteroatoms. The highest BCUT2D eigenvalue weighted by Gasteiger charge is 2.27. The first-order valence-electron chi connectivity index (χ1n) is 15.7. The van der Waals surface area contributed by atoms with Gasteiger partial charge in [-0.1, -0.05) is 103 Å². The zero-order valence-electron chi connectivity index (χ0n) is 26.5. The smallest absolute Gasteiger partial charge is 0.309 e. The number of hydrogen-bond donors (Lipinski definition) is 2. The highest BCUT2D eigenvalue weighted by atomic mass is 32.2. The lowest BCUT2D eigenvalue weighted by Gasteiger charge is -2.26. The molecule has 0 saturated heterocycles. The van der Waals surface area contributed by atoms with Crippen LogP contribution in [0.25, 0.3) is 0 Å². The van der Waals surface area contributed by atoms with Gasteiger partial charge in [0.1, 0.15) is 6.61 Å². The Balaban J connectivity index is 1.68. The van der Waals surface area contributed by atoms with Crippen LogP contribution in [0.5, 0.6) is 0 Å². The minimum Gasteiger partial charge on any atom is -0.463 e. The van der Waals surface area contributed by atoms with Gasteiger partial charge in [0, 0.05) is 31.0 Å². The number of amides is 2. The molecule has 3 aromatic carbocycles. The second-order valence-electron chi connectivity index (χ2n) is 11.2. The number of nitrogens with zero attached hydrogens (tertiary/aromatic N) is 1. The fourth-order valence-electron chi connectivity index (χ4n) is 5.05. The van der Waals surface area contributed by atoms with Gasteiger partial charge in [-0.3, -0.25) is 14.4 Å². The number of allylic oxidation sites excluding steroid dienone is 2. The van der Waals surface area contributed by atoms with Crippen molar-refractivity contribution in [3.8, 4) is 0 Å². The van der Waals surface area contributed by atoms with E-state index in [-0.39, 0.29) is 49.9 Å². The topological polar surface area (TPSA) is 95.9 Å². The van der Waals surface area contributed by atoms with Crippen molar-refractivity contribution in [2.75, 3.05) is 25.5 Å². The minimum absolute atomic E-state index is 0.00813. The summed E-state index contributed by atoms with van der Waals surface area (Å²) in [4.78, 5) is 41.8. The molecule has 0 heterocycles. The SMILES string of the molecule is C=CC[C@@H](CC(=O)N(CCO)Cc1ccccc1)C(=O)N[C@H](COC(=O)[C@@H](CC=C)Cc1ccccc1)CSCc1ccccc1. The number of hydrogen-bond acceptors (Lipinski definition) is 6. The number of nitrogens with one attached hydrogen (secondary N) is 1. The van der Waals surface area contributed by atoms with Gasteiger partial charge in [0.25, 0.3) is 0 Å². The maximum absolute atomic E-state index is 13.6. The molecule has 0 aliphatic rings. The van der Waals surface area contributed by atoms with Crippen LogP contribution >= 0.6 is 11.8 Å². The van der Waals surface area contributed by atoms with Crippen molar-refractivity contribution < 1.29 is 24.2 Å². The molecular formula is C38H46N2O5S. The van der Waals surface area contributed by atoms with E-state index in [0.717, 1.165) is 22.4 Å². The normalized spacial score (nSPS) is 12.7. The van der Waals surface area contributed by atoms with Crippen molar-refractivity contribution in [1.82, 2.24) is 10.2 Å². The van der Waals surface area contributed by atoms with Crippen molar-refractivity contribution in [1.29, 1.82) is 0 Å². The van der Waals surface area contributed by atoms with Gasteiger partial charge < -0.3 is 20.1 Å². The van der Waals surface area contributed by atoms with Gasteiger partial charge in [-0.25, -0.2) is 0 Å². The monoisotopic (exact) mass is 642 g/mol. The largest absolute Gasteiger partial charge is 0.463 e. The Morgan fingerprint density at radius 3 is 1.98 bits per heavy atom. The van der Waals surface area contributed by atoms with Gasteiger partial charge in [0.15, 0.2) is 0 Å². The van der Waals surface area contributed by atoms with Gasteiger partial charge in [0.05, 0.1) is 24.5 Å². The van der Waals surface area contributed by atoms with E-state index in [9.17, 15) is 19.5 Å². The van der Waals surface area contributed by atoms with Gasteiger partial charge in [0.2, 0.25) is 11.8 Å². The molecule has 3 atom stereocenters. The Labute approximate surface area is 277 Å². The first-order chi connectivity index (χ1) is 22.4. The predicted molar refractivity (Wildman–Crippen MR) is 186 cm³/mol. The summed E-state index contributed by atoms with van der Waals surface area (Å²) >= 11 is 1.64. The summed E-state index contributed by atoms with van der Waals surface area (Å²) in [6.07, 6.45) is 4.63. The molecule has 0 aliphatic heterocycles. The number of aliphatic hydroxyl groups is 1. The third-order valence-electron chi connectivity index (χ3n) is 7.50. The maximum Gasteiger partial charge on any atom is 0.309 e. The maximum atomic E-state index is 13.6. The number of thioether (sulfide) groups is 1. The highest BCUT2D eigenvalue weighted by molar-refractivity contribution is 7.98. The van der Waals surface area contributed by atoms with Crippen LogP contribution in [-0.2, 0) is 37.8 Å². The fourth-order valence-corrected chi connectivity index (χ4v) is 6.06. The summed E-state index contributed by atoms with van der Waals surface area (Å²) < 4.78 is 5.81. The molecule has 2 amide bonds. The van der Waals surface area contributed by atoms with Crippen molar-refractivity contribution in [2.45, 2.75) is 44.0 Å². The minimum atomic E-state index is -0.661. The summed E-state index contributed by atoms with van der Waals surface area (Å²) in [5.74, 6) is -0.669. The Morgan fingerprint density at radius 1 is 0.826 bits per heavy atom. The van der Waals surface area contributed by atoms with E-state index in [0.29, 0.717) is 31.6 Å². The molecule has 7 nitrogen and oxygen atoms in total. The molecule has 0 fully saturated rings. The molecule has 3 rings (SSSR count). The molecule has 0 radical (unpaired) electrons. The molecule has 0 aliphatic carbocycles. The molecule has 0 spiro atoms. The molecular weight excluding hydrogens is 596 g/mol. The predicted octanol–water partition coefficient (Wildman–Crippen LogP) is 5.99. The summed E-state index contributed by atoms with van der Waals surface area (Å²) in [6, 6.07) is 28.9. The lowest BCUT2D eigenvalue weighted by molar-refractivity contribution is -0.149. The number of carbonyl (C=O) groups is 3. The number of rotatable bonds is 21. The number of aliphatic hydroxyl groups excluding tert-OH is 1. The average molecular weight is 643 g/mol. The summed E-state index contributed by atoms with van der Waals surface area (Å²) in [5, 5.41) is 12.7. The van der Waals surface area contributed by atoms with E-state index in [4.69, 9.17) is 4.74 Å². The highest BCUT2D eigenvalue weighted by Crippen LogP contribution is 2.19. The quantitative estimate of drug-likeness (QED) is 0.110. The molecule has 244 valence electrons. The molecule has 0 unspecified atom stereocenters. The van der Waals surface area contributed by atoms with Gasteiger partial charge >= 0.3 is 5.97 Å². The molecule has 0 saturated carbocycles. The molecule has 0 bridgehead atoms. The lowest BCUT2D eigenvalue weighted by Crippen LogP contribution is -2.45. The van der Waals surface area contributed by atoms with E-state index in [2.05, 4.69) is 18.5 Å². The number of carbonyl (C=O) groups excluding carboxylic acids is 3. The summed E-state index contributed by atoms with van der Waals surface area (Å²) in [6.45, 7) is 7.95. The van der Waals surface area contributed by atoms with Crippen molar-refractivity contribution in [2.24, 2.45) is 11.8 Å². The van der Waals surface area contributed by atoms with Crippen molar-refractivity contribution in [3.63, 3.8) is 0 Å². The van der Waals surface area contributed by atoms with Gasteiger partial charge in [-0.15, -0.1) is 13.2 Å². The van der Waals surface area contributed by atoms with E-state index in [1.807, 2.05) is 91.0 Å².